The number of sulfonamides is 1. The zero-order chi connectivity index (χ0) is 22.3. The lowest BCUT2D eigenvalue weighted by atomic mass is 10.2. The van der Waals surface area contributed by atoms with Crippen LogP contribution in [-0.2, 0) is 21.4 Å². The van der Waals surface area contributed by atoms with Crippen LogP contribution in [0.5, 0.6) is 5.75 Å². The molecule has 1 atom stereocenters. The van der Waals surface area contributed by atoms with Gasteiger partial charge in [-0.3, -0.25) is 4.79 Å². The fraction of sp³-hybridized carbons (Fsp3) is 0.455. The van der Waals surface area contributed by atoms with Crippen molar-refractivity contribution in [3.63, 3.8) is 0 Å². The van der Waals surface area contributed by atoms with Crippen molar-refractivity contribution in [2.24, 2.45) is 0 Å². The van der Waals surface area contributed by atoms with Crippen molar-refractivity contribution in [1.29, 1.82) is 0 Å². The molecule has 1 aromatic heterocycles. The summed E-state index contributed by atoms with van der Waals surface area (Å²) >= 11 is 0. The molecule has 9 heteroatoms. The lowest BCUT2D eigenvalue weighted by Gasteiger charge is -2.21. The van der Waals surface area contributed by atoms with Gasteiger partial charge in [0.1, 0.15) is 11.6 Å². The molecule has 1 aromatic carbocycles. The second kappa shape index (κ2) is 10.6. The summed E-state index contributed by atoms with van der Waals surface area (Å²) in [6, 6.07) is 8.98. The van der Waals surface area contributed by atoms with Crippen molar-refractivity contribution in [3.8, 4) is 5.75 Å². The van der Waals surface area contributed by atoms with Crippen LogP contribution in [0.4, 0.5) is 5.82 Å². The van der Waals surface area contributed by atoms with E-state index >= 15 is 0 Å². The molecule has 1 saturated heterocycles. The number of carbonyl (C=O) groups excluding carboxylic acids is 1. The van der Waals surface area contributed by atoms with E-state index in [9.17, 15) is 13.2 Å². The number of anilines is 1. The number of ether oxygens (including phenoxy) is 1. The van der Waals surface area contributed by atoms with E-state index in [0.29, 0.717) is 5.75 Å². The molecule has 0 bridgehead atoms. The van der Waals surface area contributed by atoms with Crippen LogP contribution in [0, 0.1) is 0 Å². The number of hydrogen-bond acceptors (Lipinski definition) is 6. The Hall–Kier alpha value is -2.65. The Bertz CT molecular complexity index is 954. The van der Waals surface area contributed by atoms with E-state index in [1.807, 2.05) is 12.1 Å². The highest BCUT2D eigenvalue weighted by atomic mass is 32.2. The number of nitrogens with zero attached hydrogens (tertiary/aromatic N) is 2. The summed E-state index contributed by atoms with van der Waals surface area (Å²) in [6.45, 7) is 3.84. The fourth-order valence-electron chi connectivity index (χ4n) is 3.46. The van der Waals surface area contributed by atoms with Gasteiger partial charge in [0.05, 0.1) is 18.0 Å². The zero-order valence-corrected chi connectivity index (χ0v) is 18.8. The monoisotopic (exact) mass is 446 g/mol. The third-order valence-electron chi connectivity index (χ3n) is 5.30. The quantitative estimate of drug-likeness (QED) is 0.646. The molecule has 2 N–H and O–H groups in total. The van der Waals surface area contributed by atoms with Gasteiger partial charge in [-0.2, -0.15) is 4.72 Å². The predicted molar refractivity (Wildman–Crippen MR) is 120 cm³/mol. The first-order valence-electron chi connectivity index (χ1n) is 10.5. The van der Waals surface area contributed by atoms with Gasteiger partial charge in [-0.1, -0.05) is 18.9 Å². The Morgan fingerprint density at radius 3 is 2.35 bits per heavy atom. The summed E-state index contributed by atoms with van der Waals surface area (Å²) in [5.41, 5.74) is 0.858. The van der Waals surface area contributed by atoms with Crippen molar-refractivity contribution in [2.45, 2.75) is 50.1 Å². The smallest absolute Gasteiger partial charge is 0.241 e. The Morgan fingerprint density at radius 1 is 1.10 bits per heavy atom. The van der Waals surface area contributed by atoms with E-state index in [1.54, 1.807) is 18.3 Å². The molecular weight excluding hydrogens is 416 g/mol. The van der Waals surface area contributed by atoms with Gasteiger partial charge in [0.25, 0.3) is 0 Å². The van der Waals surface area contributed by atoms with Crippen molar-refractivity contribution in [2.75, 3.05) is 25.1 Å². The van der Waals surface area contributed by atoms with Gasteiger partial charge < -0.3 is 15.0 Å². The molecular formula is C22H30N4O4S. The van der Waals surface area contributed by atoms with Crippen LogP contribution in [-0.4, -0.2) is 45.6 Å². The third-order valence-corrected chi connectivity index (χ3v) is 6.86. The average molecular weight is 447 g/mol. The molecule has 0 unspecified atom stereocenters. The molecule has 1 fully saturated rings. The molecule has 0 saturated carbocycles. The molecule has 1 aliphatic heterocycles. The molecule has 3 rings (SSSR count). The van der Waals surface area contributed by atoms with E-state index in [2.05, 4.69) is 19.9 Å². The summed E-state index contributed by atoms with van der Waals surface area (Å²) in [4.78, 5) is 19.3. The van der Waals surface area contributed by atoms with Crippen LogP contribution in [0.25, 0.3) is 0 Å². The van der Waals surface area contributed by atoms with Gasteiger partial charge in [-0.25, -0.2) is 13.4 Å². The van der Waals surface area contributed by atoms with Crippen LogP contribution in [0.2, 0.25) is 0 Å². The molecule has 31 heavy (non-hydrogen) atoms. The van der Waals surface area contributed by atoms with Crippen LogP contribution < -0.4 is 19.7 Å². The standard InChI is InChI=1S/C22H30N4O4S/c1-17(25-31(28,29)20-10-8-19(30-2)9-11-20)22(27)24-16-18-7-12-21(23-15-18)26-13-5-3-4-6-14-26/h7-12,15,17,25H,3-6,13-14,16H2,1-2H3,(H,24,27)/t17-/m0/s1. The first kappa shape index (κ1) is 23.0. The van der Waals surface area contributed by atoms with E-state index < -0.39 is 22.0 Å². The van der Waals surface area contributed by atoms with Crippen LogP contribution >= 0.6 is 0 Å². The van der Waals surface area contributed by atoms with Crippen LogP contribution in [0.1, 0.15) is 38.2 Å². The number of hydrogen-bond donors (Lipinski definition) is 2. The second-order valence-corrected chi connectivity index (χ2v) is 9.38. The van der Waals surface area contributed by atoms with Gasteiger partial charge in [-0.15, -0.1) is 0 Å². The maximum Gasteiger partial charge on any atom is 0.241 e. The highest BCUT2D eigenvalue weighted by molar-refractivity contribution is 7.89. The molecule has 1 amide bonds. The minimum absolute atomic E-state index is 0.0706. The molecule has 168 valence electrons. The van der Waals surface area contributed by atoms with Crippen molar-refractivity contribution >= 4 is 21.7 Å². The van der Waals surface area contributed by atoms with E-state index in [1.165, 1.54) is 51.8 Å². The Morgan fingerprint density at radius 2 is 1.77 bits per heavy atom. The summed E-state index contributed by atoms with van der Waals surface area (Å²) in [6.07, 6.45) is 6.66. The van der Waals surface area contributed by atoms with Gasteiger partial charge in [0, 0.05) is 25.8 Å². The zero-order valence-electron chi connectivity index (χ0n) is 18.0. The normalized spacial score (nSPS) is 15.7. The highest BCUT2D eigenvalue weighted by Crippen LogP contribution is 2.18. The minimum Gasteiger partial charge on any atom is -0.497 e. The molecule has 2 aromatic rings. The topological polar surface area (TPSA) is 101 Å². The maximum atomic E-state index is 12.5. The van der Waals surface area contributed by atoms with Crippen LogP contribution in [0.3, 0.4) is 0 Å². The van der Waals surface area contributed by atoms with Gasteiger partial charge in [0.15, 0.2) is 0 Å². The summed E-state index contributed by atoms with van der Waals surface area (Å²) < 4.78 is 32.4. The summed E-state index contributed by atoms with van der Waals surface area (Å²) in [5, 5.41) is 2.76. The predicted octanol–water partition coefficient (Wildman–Crippen LogP) is 2.45. The van der Waals surface area contributed by atoms with Gasteiger partial charge in [-0.05, 0) is 55.7 Å². The number of rotatable bonds is 8. The average Bonchev–Trinajstić information content (AvgIpc) is 3.07. The SMILES string of the molecule is COc1ccc(S(=O)(=O)N[C@@H](C)C(=O)NCc2ccc(N3CCCCCC3)nc2)cc1. The number of pyridine rings is 1. The highest BCUT2D eigenvalue weighted by Gasteiger charge is 2.22. The molecule has 1 aliphatic rings. The lowest BCUT2D eigenvalue weighted by molar-refractivity contribution is -0.122. The van der Waals surface area contributed by atoms with Gasteiger partial charge in [0.2, 0.25) is 15.9 Å². The third kappa shape index (κ3) is 6.41. The molecule has 0 radical (unpaired) electrons. The number of aromatic nitrogens is 1. The molecule has 8 nitrogen and oxygen atoms in total. The number of methoxy groups -OCH3 is 1. The molecule has 0 spiro atoms. The van der Waals surface area contributed by atoms with Gasteiger partial charge >= 0.3 is 0 Å². The Balaban J connectivity index is 1.52. The minimum atomic E-state index is -3.82. The van der Waals surface area contributed by atoms with Crippen molar-refractivity contribution in [1.82, 2.24) is 15.0 Å². The lowest BCUT2D eigenvalue weighted by Crippen LogP contribution is -2.44. The van der Waals surface area contributed by atoms with Crippen molar-refractivity contribution < 1.29 is 17.9 Å². The Kier molecular flexibility index (Phi) is 7.86. The summed E-state index contributed by atoms with van der Waals surface area (Å²) in [5.74, 6) is 1.10. The first-order chi connectivity index (χ1) is 14.9. The number of carbonyl (C=O) groups is 1. The second-order valence-electron chi connectivity index (χ2n) is 7.66. The number of benzene rings is 1. The van der Waals surface area contributed by atoms with Crippen molar-refractivity contribution in [3.05, 3.63) is 48.2 Å². The number of nitrogens with one attached hydrogen (secondary N) is 2. The Labute approximate surface area is 184 Å². The van der Waals surface area contributed by atoms with Crippen LogP contribution in [0.15, 0.2) is 47.5 Å². The van der Waals surface area contributed by atoms with E-state index in [-0.39, 0.29) is 11.4 Å². The molecule has 0 aliphatic carbocycles. The molecule has 2 heterocycles. The van der Waals surface area contributed by atoms with E-state index in [4.69, 9.17) is 4.74 Å². The number of amides is 1. The largest absolute Gasteiger partial charge is 0.497 e. The fourth-order valence-corrected chi connectivity index (χ4v) is 4.66. The van der Waals surface area contributed by atoms with E-state index in [0.717, 1.165) is 24.5 Å². The first-order valence-corrected chi connectivity index (χ1v) is 12.0. The summed E-state index contributed by atoms with van der Waals surface area (Å²) in [7, 11) is -2.31. The maximum absolute atomic E-state index is 12.5.